The van der Waals surface area contributed by atoms with Gasteiger partial charge in [-0.1, -0.05) is 54.1 Å². The summed E-state index contributed by atoms with van der Waals surface area (Å²) in [5, 5.41) is 5.24. The van der Waals surface area contributed by atoms with Crippen LogP contribution in [0.3, 0.4) is 0 Å². The average Bonchev–Trinajstić information content (AvgIpc) is 3.41. The van der Waals surface area contributed by atoms with Crippen molar-refractivity contribution in [3.8, 4) is 16.9 Å². The first-order valence-corrected chi connectivity index (χ1v) is 13.2. The van der Waals surface area contributed by atoms with Crippen LogP contribution in [0.25, 0.3) is 58.9 Å². The van der Waals surface area contributed by atoms with Crippen LogP contribution in [0.15, 0.2) is 91.1 Å². The molecular formula is C33H27N2S+. The number of hydrogen-bond acceptors (Lipinski definition) is 1. The molecule has 0 spiro atoms. The van der Waals surface area contributed by atoms with Crippen molar-refractivity contribution in [2.45, 2.75) is 20.8 Å². The van der Waals surface area contributed by atoms with Gasteiger partial charge in [-0.15, -0.1) is 11.3 Å². The molecule has 3 heterocycles. The van der Waals surface area contributed by atoms with Gasteiger partial charge in [0.05, 0.1) is 16.6 Å². The number of benzene rings is 4. The molecule has 4 aromatic carbocycles. The largest absolute Gasteiger partial charge is 0.309 e. The number of pyridine rings is 1. The van der Waals surface area contributed by atoms with Crippen LogP contribution in [0, 0.1) is 20.8 Å². The molecule has 0 fully saturated rings. The molecule has 0 aliphatic heterocycles. The molecule has 0 amide bonds. The summed E-state index contributed by atoms with van der Waals surface area (Å²) >= 11 is 1.91. The zero-order valence-corrected chi connectivity index (χ0v) is 21.8. The highest BCUT2D eigenvalue weighted by Crippen LogP contribution is 2.41. The third-order valence-corrected chi connectivity index (χ3v) is 8.82. The van der Waals surface area contributed by atoms with Gasteiger partial charge in [0, 0.05) is 38.0 Å². The molecule has 7 aromatic rings. The summed E-state index contributed by atoms with van der Waals surface area (Å²) in [5.74, 6) is 0. The lowest BCUT2D eigenvalue weighted by Gasteiger charge is -2.10. The van der Waals surface area contributed by atoms with E-state index in [1.54, 1.807) is 0 Å². The van der Waals surface area contributed by atoms with Crippen LogP contribution in [0.1, 0.15) is 16.7 Å². The Morgan fingerprint density at radius 3 is 2.11 bits per heavy atom. The molecule has 0 saturated carbocycles. The Hall–Kier alpha value is -3.95. The van der Waals surface area contributed by atoms with Gasteiger partial charge in [0.25, 0.3) is 0 Å². The minimum atomic E-state index is 1.21. The first-order valence-electron chi connectivity index (χ1n) is 12.4. The maximum absolute atomic E-state index is 2.41. The van der Waals surface area contributed by atoms with Gasteiger partial charge in [0.2, 0.25) is 5.69 Å². The van der Waals surface area contributed by atoms with E-state index in [2.05, 4.69) is 128 Å². The lowest BCUT2D eigenvalue weighted by Crippen LogP contribution is -2.30. The Kier molecular flexibility index (Phi) is 4.61. The number of para-hydroxylation sites is 2. The normalized spacial score (nSPS) is 11.9. The highest BCUT2D eigenvalue weighted by molar-refractivity contribution is 7.26. The molecule has 0 radical (unpaired) electrons. The number of nitrogens with zero attached hydrogens (tertiary/aromatic N) is 2. The van der Waals surface area contributed by atoms with Gasteiger partial charge in [0.1, 0.15) is 11.7 Å². The van der Waals surface area contributed by atoms with Crippen LogP contribution in [-0.4, -0.2) is 4.57 Å². The Balaban J connectivity index is 1.52. The summed E-state index contributed by atoms with van der Waals surface area (Å²) < 4.78 is 7.36. The first kappa shape index (κ1) is 21.3. The second-order valence-electron chi connectivity index (χ2n) is 9.92. The fourth-order valence-electron chi connectivity index (χ4n) is 5.81. The summed E-state index contributed by atoms with van der Waals surface area (Å²) in [5.41, 5.74) is 10.3. The zero-order chi connectivity index (χ0) is 24.6. The number of aryl methyl sites for hydroxylation is 3. The summed E-state index contributed by atoms with van der Waals surface area (Å²) in [7, 11) is 2.17. The van der Waals surface area contributed by atoms with Crippen molar-refractivity contribution in [3.05, 3.63) is 108 Å². The van der Waals surface area contributed by atoms with Crippen molar-refractivity contribution < 1.29 is 4.57 Å². The Morgan fingerprint density at radius 1 is 0.694 bits per heavy atom. The summed E-state index contributed by atoms with van der Waals surface area (Å²) in [4.78, 5) is 0. The molecule has 36 heavy (non-hydrogen) atoms. The highest BCUT2D eigenvalue weighted by Gasteiger charge is 2.22. The molecule has 0 aliphatic carbocycles. The first-order chi connectivity index (χ1) is 17.5. The van der Waals surface area contributed by atoms with Gasteiger partial charge < -0.3 is 4.57 Å². The Bertz CT molecular complexity index is 1930. The van der Waals surface area contributed by atoms with E-state index in [1.807, 2.05) is 11.3 Å². The molecule has 0 saturated heterocycles. The second-order valence-corrected chi connectivity index (χ2v) is 11.0. The van der Waals surface area contributed by atoms with Crippen LogP contribution < -0.4 is 4.57 Å². The van der Waals surface area contributed by atoms with E-state index in [4.69, 9.17) is 0 Å². The van der Waals surface area contributed by atoms with Crippen molar-refractivity contribution in [1.29, 1.82) is 0 Å². The summed E-state index contributed by atoms with van der Waals surface area (Å²) in [6, 6.07) is 31.3. The van der Waals surface area contributed by atoms with E-state index in [9.17, 15) is 0 Å². The molecule has 0 unspecified atom stereocenters. The third-order valence-electron chi connectivity index (χ3n) is 7.65. The van der Waals surface area contributed by atoms with Crippen molar-refractivity contribution >= 4 is 53.3 Å². The number of thiophene rings is 1. The molecule has 3 heteroatoms. The molecule has 0 N–H and O–H groups in total. The molecule has 174 valence electrons. The average molecular weight is 484 g/mol. The minimum absolute atomic E-state index is 1.21. The molecule has 7 rings (SSSR count). The molecule has 2 nitrogen and oxygen atoms in total. The maximum atomic E-state index is 2.41. The number of aromatic nitrogens is 2. The molecule has 3 aromatic heterocycles. The van der Waals surface area contributed by atoms with Crippen molar-refractivity contribution in [1.82, 2.24) is 4.57 Å². The smallest absolute Gasteiger partial charge is 0.230 e. The number of hydrogen-bond donors (Lipinski definition) is 0. The van der Waals surface area contributed by atoms with E-state index < -0.39 is 0 Å². The fraction of sp³-hybridized carbons (Fsp3) is 0.121. The van der Waals surface area contributed by atoms with E-state index in [0.29, 0.717) is 0 Å². The van der Waals surface area contributed by atoms with Gasteiger partial charge in [0.15, 0.2) is 6.20 Å². The third kappa shape index (κ3) is 2.99. The van der Waals surface area contributed by atoms with Crippen LogP contribution in [0.5, 0.6) is 0 Å². The Morgan fingerprint density at radius 2 is 1.39 bits per heavy atom. The van der Waals surface area contributed by atoms with E-state index in [0.717, 1.165) is 0 Å². The van der Waals surface area contributed by atoms with Gasteiger partial charge >= 0.3 is 0 Å². The number of fused-ring (bicyclic) bond motifs is 6. The zero-order valence-electron chi connectivity index (χ0n) is 21.0. The highest BCUT2D eigenvalue weighted by atomic mass is 32.1. The maximum Gasteiger partial charge on any atom is 0.230 e. The monoisotopic (exact) mass is 483 g/mol. The lowest BCUT2D eigenvalue weighted by atomic mass is 9.96. The predicted molar refractivity (Wildman–Crippen MR) is 154 cm³/mol. The molecule has 0 aliphatic rings. The van der Waals surface area contributed by atoms with Gasteiger partial charge in [-0.2, -0.15) is 4.57 Å². The van der Waals surface area contributed by atoms with Crippen LogP contribution in [0.2, 0.25) is 0 Å². The van der Waals surface area contributed by atoms with Gasteiger partial charge in [-0.05, 0) is 62.2 Å². The molecular weight excluding hydrogens is 456 g/mol. The quantitative estimate of drug-likeness (QED) is 0.218. The standard InChI is InChI=1S/C33H27N2S/c1-20-17-21(2)22(3)28(18-20)32-33-27(15-16-34(32)4)26-14-13-23(19-31(26)36-33)35-29-11-7-5-9-24(29)25-10-6-8-12-30(25)35/h5-19H,1-4H3/q+1. The fourth-order valence-corrected chi connectivity index (χ4v) is 7.13. The number of rotatable bonds is 2. The van der Waals surface area contributed by atoms with Crippen molar-refractivity contribution in [2.75, 3.05) is 0 Å². The summed E-state index contributed by atoms with van der Waals surface area (Å²) in [6.07, 6.45) is 2.21. The van der Waals surface area contributed by atoms with E-state index in [-0.39, 0.29) is 0 Å². The van der Waals surface area contributed by atoms with Gasteiger partial charge in [-0.25, -0.2) is 0 Å². The van der Waals surface area contributed by atoms with E-state index >= 15 is 0 Å². The molecule has 0 bridgehead atoms. The van der Waals surface area contributed by atoms with Crippen molar-refractivity contribution in [2.24, 2.45) is 7.05 Å². The van der Waals surface area contributed by atoms with Crippen LogP contribution in [-0.2, 0) is 7.05 Å². The SMILES string of the molecule is Cc1cc(C)c(C)c(-c2c3sc4cc(-n5c6ccccc6c6ccccc65)ccc4c3cc[n+]2C)c1. The van der Waals surface area contributed by atoms with Gasteiger partial charge in [-0.3, -0.25) is 0 Å². The van der Waals surface area contributed by atoms with Crippen LogP contribution in [0.4, 0.5) is 0 Å². The lowest BCUT2D eigenvalue weighted by molar-refractivity contribution is -0.659. The van der Waals surface area contributed by atoms with Crippen molar-refractivity contribution in [3.63, 3.8) is 0 Å². The second kappa shape index (κ2) is 7.78. The summed E-state index contributed by atoms with van der Waals surface area (Å²) in [6.45, 7) is 6.66. The Labute approximate surface area is 214 Å². The van der Waals surface area contributed by atoms with Crippen LogP contribution >= 0.6 is 11.3 Å². The van der Waals surface area contributed by atoms with E-state index in [1.165, 1.54) is 75.6 Å². The minimum Gasteiger partial charge on any atom is -0.309 e. The topological polar surface area (TPSA) is 8.81 Å². The predicted octanol–water partition coefficient (Wildman–Crippen LogP) is 8.57. The molecule has 0 atom stereocenters.